The van der Waals surface area contributed by atoms with Crippen LogP contribution in [0.1, 0.15) is 43.9 Å². The van der Waals surface area contributed by atoms with Crippen molar-refractivity contribution in [3.63, 3.8) is 0 Å². The second kappa shape index (κ2) is 4.94. The Kier molecular flexibility index (Phi) is 3.42. The molecule has 0 aliphatic heterocycles. The zero-order valence-corrected chi connectivity index (χ0v) is 13.5. The molecule has 3 rings (SSSR count). The van der Waals surface area contributed by atoms with Gasteiger partial charge in [-0.3, -0.25) is 0 Å². The summed E-state index contributed by atoms with van der Waals surface area (Å²) in [5, 5.41) is 22.6. The highest BCUT2D eigenvalue weighted by atomic mass is 16.4. The van der Waals surface area contributed by atoms with Gasteiger partial charge in [-0.15, -0.1) is 0 Å². The summed E-state index contributed by atoms with van der Waals surface area (Å²) in [7, 11) is 0. The van der Waals surface area contributed by atoms with Gasteiger partial charge < -0.3 is 10.2 Å². The molecule has 2 aromatic carbocycles. The van der Waals surface area contributed by atoms with Crippen LogP contribution in [-0.4, -0.2) is 15.8 Å². The molecular formula is C20H24O2. The molecule has 1 aliphatic rings. The number of hydrogen-bond donors (Lipinski definition) is 2. The van der Waals surface area contributed by atoms with Crippen LogP contribution >= 0.6 is 0 Å². The fraction of sp³-hybridized carbons (Fsp3) is 0.400. The summed E-state index contributed by atoms with van der Waals surface area (Å²) in [5.74, 6) is 0. The summed E-state index contributed by atoms with van der Waals surface area (Å²) >= 11 is 0. The quantitative estimate of drug-likeness (QED) is 0.890. The van der Waals surface area contributed by atoms with Gasteiger partial charge in [-0.05, 0) is 35.4 Å². The number of benzene rings is 2. The topological polar surface area (TPSA) is 40.5 Å². The molecule has 0 aromatic heterocycles. The molecule has 1 aliphatic carbocycles. The van der Waals surface area contributed by atoms with Crippen molar-refractivity contribution in [3.8, 4) is 0 Å². The van der Waals surface area contributed by atoms with Crippen LogP contribution in [0.4, 0.5) is 0 Å². The maximum atomic E-state index is 11.4. The number of rotatable bonds is 2. The molecule has 2 N–H and O–H groups in total. The highest BCUT2D eigenvalue weighted by Crippen LogP contribution is 2.51. The molecule has 0 unspecified atom stereocenters. The van der Waals surface area contributed by atoms with Gasteiger partial charge in [0, 0.05) is 6.42 Å². The van der Waals surface area contributed by atoms with Crippen LogP contribution in [-0.2, 0) is 17.4 Å². The summed E-state index contributed by atoms with van der Waals surface area (Å²) in [6.45, 7) is 6.01. The van der Waals surface area contributed by atoms with E-state index >= 15 is 0 Å². The summed E-state index contributed by atoms with van der Waals surface area (Å²) < 4.78 is 0. The Morgan fingerprint density at radius 2 is 1.36 bits per heavy atom. The van der Waals surface area contributed by atoms with Crippen molar-refractivity contribution in [2.24, 2.45) is 0 Å². The number of hydrogen-bond acceptors (Lipinski definition) is 2. The minimum atomic E-state index is -1.27. The minimum absolute atomic E-state index is 0.178. The Hall–Kier alpha value is -1.64. The standard InChI is InChI=1S/C20H24O2/c1-18(2)14-20(22,13-15-9-5-4-6-10-15)19(3,21)17-12-8-7-11-16(17)18/h4-12,21-22H,13-14H2,1-3H3/t19-,20+/m1/s1. The van der Waals surface area contributed by atoms with Crippen LogP contribution in [0.25, 0.3) is 0 Å². The second-order valence-electron chi connectivity index (χ2n) is 7.37. The fourth-order valence-corrected chi connectivity index (χ4v) is 3.92. The van der Waals surface area contributed by atoms with Crippen molar-refractivity contribution < 1.29 is 10.2 Å². The smallest absolute Gasteiger partial charge is 0.116 e. The molecule has 0 fully saturated rings. The molecule has 0 bridgehead atoms. The molecule has 0 saturated carbocycles. The van der Waals surface area contributed by atoms with E-state index < -0.39 is 11.2 Å². The fourth-order valence-electron chi connectivity index (χ4n) is 3.92. The summed E-state index contributed by atoms with van der Waals surface area (Å²) in [6.07, 6.45) is 0.970. The summed E-state index contributed by atoms with van der Waals surface area (Å²) in [6, 6.07) is 17.8. The highest BCUT2D eigenvalue weighted by molar-refractivity contribution is 5.43. The van der Waals surface area contributed by atoms with Gasteiger partial charge in [-0.25, -0.2) is 0 Å². The number of aliphatic hydroxyl groups is 2. The first-order valence-electron chi connectivity index (χ1n) is 7.85. The molecule has 0 heterocycles. The third kappa shape index (κ3) is 2.27. The predicted octanol–water partition coefficient (Wildman–Crippen LogP) is 3.55. The zero-order chi connectivity index (χ0) is 16.0. The zero-order valence-electron chi connectivity index (χ0n) is 13.5. The normalized spacial score (nSPS) is 29.9. The maximum absolute atomic E-state index is 11.4. The summed E-state index contributed by atoms with van der Waals surface area (Å²) in [5.41, 5.74) is 0.367. The lowest BCUT2D eigenvalue weighted by Crippen LogP contribution is -2.58. The average Bonchev–Trinajstić information content (AvgIpc) is 2.46. The third-order valence-electron chi connectivity index (χ3n) is 5.16. The van der Waals surface area contributed by atoms with E-state index in [0.29, 0.717) is 12.8 Å². The average molecular weight is 296 g/mol. The monoisotopic (exact) mass is 296 g/mol. The van der Waals surface area contributed by atoms with Gasteiger partial charge in [0.15, 0.2) is 0 Å². The van der Waals surface area contributed by atoms with Gasteiger partial charge in [0.25, 0.3) is 0 Å². The SMILES string of the molecule is CC1(C)C[C@@](O)(Cc2ccccc2)[C@](C)(O)c2ccccc21. The van der Waals surface area contributed by atoms with E-state index in [-0.39, 0.29) is 5.41 Å². The van der Waals surface area contributed by atoms with Crippen LogP contribution < -0.4 is 0 Å². The molecule has 0 amide bonds. The Balaban J connectivity index is 2.10. The van der Waals surface area contributed by atoms with Gasteiger partial charge in [0.1, 0.15) is 11.2 Å². The van der Waals surface area contributed by atoms with E-state index in [1.54, 1.807) is 6.92 Å². The molecule has 2 atom stereocenters. The van der Waals surface area contributed by atoms with Gasteiger partial charge >= 0.3 is 0 Å². The first-order valence-corrected chi connectivity index (χ1v) is 7.85. The van der Waals surface area contributed by atoms with Gasteiger partial charge in [-0.2, -0.15) is 0 Å². The first-order chi connectivity index (χ1) is 10.3. The van der Waals surface area contributed by atoms with Crippen LogP contribution in [0.5, 0.6) is 0 Å². The van der Waals surface area contributed by atoms with E-state index in [1.165, 1.54) is 0 Å². The third-order valence-corrected chi connectivity index (χ3v) is 5.16. The molecule has 2 nitrogen and oxygen atoms in total. The van der Waals surface area contributed by atoms with Crippen molar-refractivity contribution in [2.75, 3.05) is 0 Å². The lowest BCUT2D eigenvalue weighted by atomic mass is 9.58. The van der Waals surface area contributed by atoms with Gasteiger partial charge in [0.05, 0.1) is 0 Å². The molecule has 2 heteroatoms. The Morgan fingerprint density at radius 1 is 0.818 bits per heavy atom. The molecule has 116 valence electrons. The van der Waals surface area contributed by atoms with Crippen LogP contribution in [0, 0.1) is 0 Å². The van der Waals surface area contributed by atoms with Crippen molar-refractivity contribution in [2.45, 2.75) is 50.2 Å². The van der Waals surface area contributed by atoms with Crippen LogP contribution in [0.15, 0.2) is 54.6 Å². The minimum Gasteiger partial charge on any atom is -0.386 e. The molecule has 0 spiro atoms. The molecule has 2 aromatic rings. The Morgan fingerprint density at radius 3 is 2.00 bits per heavy atom. The van der Waals surface area contributed by atoms with Crippen LogP contribution in [0.3, 0.4) is 0 Å². The number of fused-ring (bicyclic) bond motifs is 1. The second-order valence-corrected chi connectivity index (χ2v) is 7.37. The molecule has 0 saturated heterocycles. The maximum Gasteiger partial charge on any atom is 0.116 e. The van der Waals surface area contributed by atoms with Crippen LogP contribution in [0.2, 0.25) is 0 Å². The molecule has 22 heavy (non-hydrogen) atoms. The molecule has 0 radical (unpaired) electrons. The van der Waals surface area contributed by atoms with E-state index in [1.807, 2.05) is 48.5 Å². The highest BCUT2D eigenvalue weighted by Gasteiger charge is 2.55. The largest absolute Gasteiger partial charge is 0.386 e. The summed E-state index contributed by atoms with van der Waals surface area (Å²) in [4.78, 5) is 0. The van der Waals surface area contributed by atoms with E-state index in [0.717, 1.165) is 16.7 Å². The van der Waals surface area contributed by atoms with Crippen molar-refractivity contribution in [1.29, 1.82) is 0 Å². The van der Waals surface area contributed by atoms with Crippen molar-refractivity contribution >= 4 is 0 Å². The van der Waals surface area contributed by atoms with Crippen molar-refractivity contribution in [3.05, 3.63) is 71.3 Å². The Labute approximate surface area is 132 Å². The molecular weight excluding hydrogens is 272 g/mol. The van der Waals surface area contributed by atoms with Gasteiger partial charge in [0.2, 0.25) is 0 Å². The first kappa shape index (κ1) is 15.3. The van der Waals surface area contributed by atoms with E-state index in [9.17, 15) is 10.2 Å². The van der Waals surface area contributed by atoms with Gasteiger partial charge in [-0.1, -0.05) is 68.4 Å². The lowest BCUT2D eigenvalue weighted by Gasteiger charge is -2.52. The van der Waals surface area contributed by atoms with E-state index in [4.69, 9.17) is 0 Å². The van der Waals surface area contributed by atoms with E-state index in [2.05, 4.69) is 19.9 Å². The Bertz CT molecular complexity index is 673. The van der Waals surface area contributed by atoms with Crippen molar-refractivity contribution in [1.82, 2.24) is 0 Å². The lowest BCUT2D eigenvalue weighted by molar-refractivity contribution is -0.168. The predicted molar refractivity (Wildman–Crippen MR) is 88.8 cm³/mol.